The minimum atomic E-state index is 0.0553. The summed E-state index contributed by atoms with van der Waals surface area (Å²) in [5.41, 5.74) is 3.05. The number of aromatic nitrogens is 2. The first-order valence-electron chi connectivity index (χ1n) is 7.11. The molecule has 0 spiro atoms. The standard InChI is InChI=1S/C16H22N2O/c1-4-5-6-7-10-18-15(19)9-8-14-11-12(2)13(3)17-16(14)18/h8-9,11H,4-7,10H2,1-3H3. The fourth-order valence-electron chi connectivity index (χ4n) is 2.32. The highest BCUT2D eigenvalue weighted by atomic mass is 16.1. The van der Waals surface area contributed by atoms with Crippen LogP contribution in [0.2, 0.25) is 0 Å². The highest BCUT2D eigenvalue weighted by Gasteiger charge is 2.06. The maximum absolute atomic E-state index is 12.0. The molecule has 3 nitrogen and oxygen atoms in total. The van der Waals surface area contributed by atoms with Crippen LogP contribution in [0.3, 0.4) is 0 Å². The highest BCUT2D eigenvalue weighted by molar-refractivity contribution is 5.76. The summed E-state index contributed by atoms with van der Waals surface area (Å²) in [6.07, 6.45) is 4.65. The van der Waals surface area contributed by atoms with Crippen molar-refractivity contribution in [2.24, 2.45) is 0 Å². The van der Waals surface area contributed by atoms with Gasteiger partial charge in [0.05, 0.1) is 0 Å². The van der Waals surface area contributed by atoms with Crippen LogP contribution in [-0.4, -0.2) is 9.55 Å². The molecule has 3 heteroatoms. The summed E-state index contributed by atoms with van der Waals surface area (Å²) >= 11 is 0. The minimum Gasteiger partial charge on any atom is -0.293 e. The van der Waals surface area contributed by atoms with Gasteiger partial charge in [-0.05, 0) is 38.0 Å². The SMILES string of the molecule is CCCCCCn1c(=O)ccc2cc(C)c(C)nc21. The lowest BCUT2D eigenvalue weighted by molar-refractivity contribution is 0.580. The average molecular weight is 258 g/mol. The molecule has 0 amide bonds. The van der Waals surface area contributed by atoms with Gasteiger partial charge in [-0.25, -0.2) is 4.98 Å². The summed E-state index contributed by atoms with van der Waals surface area (Å²) in [6.45, 7) is 7.01. The number of unbranched alkanes of at least 4 members (excludes halogenated alkanes) is 3. The molecular weight excluding hydrogens is 236 g/mol. The first kappa shape index (κ1) is 13.8. The largest absolute Gasteiger partial charge is 0.293 e. The predicted octanol–water partition coefficient (Wildman–Crippen LogP) is 3.59. The number of aryl methyl sites for hydroxylation is 3. The van der Waals surface area contributed by atoms with Crippen LogP contribution in [0.1, 0.15) is 43.9 Å². The third-order valence-electron chi connectivity index (χ3n) is 3.64. The molecular formula is C16H22N2O. The Bertz CT molecular complexity index is 628. The van der Waals surface area contributed by atoms with Crippen LogP contribution in [0.25, 0.3) is 11.0 Å². The van der Waals surface area contributed by atoms with Gasteiger partial charge in [0.1, 0.15) is 5.65 Å². The van der Waals surface area contributed by atoms with E-state index in [1.807, 2.05) is 17.6 Å². The van der Waals surface area contributed by atoms with Gasteiger partial charge in [0.2, 0.25) is 0 Å². The molecule has 0 aliphatic heterocycles. The lowest BCUT2D eigenvalue weighted by atomic mass is 10.1. The fraction of sp³-hybridized carbons (Fsp3) is 0.500. The van der Waals surface area contributed by atoms with E-state index in [-0.39, 0.29) is 5.56 Å². The second-order valence-electron chi connectivity index (χ2n) is 5.19. The van der Waals surface area contributed by atoms with Crippen molar-refractivity contribution in [2.45, 2.75) is 53.0 Å². The summed E-state index contributed by atoms with van der Waals surface area (Å²) < 4.78 is 1.82. The van der Waals surface area contributed by atoms with E-state index < -0.39 is 0 Å². The molecule has 0 saturated carbocycles. The quantitative estimate of drug-likeness (QED) is 0.768. The molecule has 0 atom stereocenters. The number of hydrogen-bond donors (Lipinski definition) is 0. The van der Waals surface area contributed by atoms with Crippen molar-refractivity contribution in [3.63, 3.8) is 0 Å². The van der Waals surface area contributed by atoms with Gasteiger partial charge in [0.15, 0.2) is 0 Å². The molecule has 0 fully saturated rings. The number of fused-ring (bicyclic) bond motifs is 1. The second-order valence-corrected chi connectivity index (χ2v) is 5.19. The van der Waals surface area contributed by atoms with E-state index in [0.717, 1.165) is 29.7 Å². The van der Waals surface area contributed by atoms with Crippen molar-refractivity contribution >= 4 is 11.0 Å². The van der Waals surface area contributed by atoms with E-state index in [1.165, 1.54) is 24.8 Å². The van der Waals surface area contributed by atoms with Gasteiger partial charge in [-0.2, -0.15) is 0 Å². The van der Waals surface area contributed by atoms with E-state index in [0.29, 0.717) is 0 Å². The van der Waals surface area contributed by atoms with E-state index in [9.17, 15) is 4.79 Å². The molecule has 2 rings (SSSR count). The summed E-state index contributed by atoms with van der Waals surface area (Å²) in [5.74, 6) is 0. The fourth-order valence-corrected chi connectivity index (χ4v) is 2.32. The van der Waals surface area contributed by atoms with Crippen LogP contribution < -0.4 is 5.56 Å². The third-order valence-corrected chi connectivity index (χ3v) is 3.64. The van der Waals surface area contributed by atoms with Crippen molar-refractivity contribution in [1.82, 2.24) is 9.55 Å². The van der Waals surface area contributed by atoms with Crippen LogP contribution >= 0.6 is 0 Å². The Morgan fingerprint density at radius 2 is 1.95 bits per heavy atom. The van der Waals surface area contributed by atoms with Crippen LogP contribution in [0.15, 0.2) is 23.0 Å². The Morgan fingerprint density at radius 1 is 1.16 bits per heavy atom. The molecule has 0 aliphatic carbocycles. The van der Waals surface area contributed by atoms with Gasteiger partial charge in [-0.3, -0.25) is 9.36 Å². The smallest absolute Gasteiger partial charge is 0.252 e. The van der Waals surface area contributed by atoms with Crippen LogP contribution in [0.4, 0.5) is 0 Å². The molecule has 0 aromatic carbocycles. The Hall–Kier alpha value is -1.64. The van der Waals surface area contributed by atoms with Gasteiger partial charge < -0.3 is 0 Å². The third kappa shape index (κ3) is 3.03. The first-order chi connectivity index (χ1) is 9.13. The Morgan fingerprint density at radius 3 is 2.68 bits per heavy atom. The van der Waals surface area contributed by atoms with Gasteiger partial charge >= 0.3 is 0 Å². The summed E-state index contributed by atoms with van der Waals surface area (Å²) in [5, 5.41) is 1.05. The Kier molecular flexibility index (Phi) is 4.35. The Labute approximate surface area is 114 Å². The van der Waals surface area contributed by atoms with Crippen LogP contribution in [0.5, 0.6) is 0 Å². The molecule has 0 N–H and O–H groups in total. The summed E-state index contributed by atoms with van der Waals surface area (Å²) in [4.78, 5) is 16.6. The van der Waals surface area contributed by atoms with E-state index in [4.69, 9.17) is 0 Å². The molecule has 0 bridgehead atoms. The maximum atomic E-state index is 12.0. The highest BCUT2D eigenvalue weighted by Crippen LogP contribution is 2.15. The molecule has 102 valence electrons. The maximum Gasteiger partial charge on any atom is 0.252 e. The van der Waals surface area contributed by atoms with Crippen LogP contribution in [0, 0.1) is 13.8 Å². The van der Waals surface area contributed by atoms with Gasteiger partial charge in [0.25, 0.3) is 5.56 Å². The molecule has 0 aliphatic rings. The normalized spacial score (nSPS) is 11.1. The minimum absolute atomic E-state index is 0.0553. The number of rotatable bonds is 5. The van der Waals surface area contributed by atoms with Crippen molar-refractivity contribution in [3.8, 4) is 0 Å². The van der Waals surface area contributed by atoms with E-state index >= 15 is 0 Å². The molecule has 2 heterocycles. The molecule has 19 heavy (non-hydrogen) atoms. The lowest BCUT2D eigenvalue weighted by Crippen LogP contribution is -2.20. The van der Waals surface area contributed by atoms with Crippen molar-refractivity contribution < 1.29 is 0 Å². The monoisotopic (exact) mass is 258 g/mol. The van der Waals surface area contributed by atoms with Gasteiger partial charge in [-0.1, -0.05) is 26.2 Å². The van der Waals surface area contributed by atoms with Crippen LogP contribution in [-0.2, 0) is 6.54 Å². The van der Waals surface area contributed by atoms with Crippen molar-refractivity contribution in [1.29, 1.82) is 0 Å². The molecule has 0 unspecified atom stereocenters. The van der Waals surface area contributed by atoms with E-state index in [2.05, 4.69) is 24.9 Å². The number of pyridine rings is 2. The molecule has 0 saturated heterocycles. The molecule has 2 aromatic heterocycles. The average Bonchev–Trinajstić information content (AvgIpc) is 2.39. The van der Waals surface area contributed by atoms with Gasteiger partial charge in [0, 0.05) is 23.7 Å². The van der Waals surface area contributed by atoms with Gasteiger partial charge in [-0.15, -0.1) is 0 Å². The second kappa shape index (κ2) is 6.00. The first-order valence-corrected chi connectivity index (χ1v) is 7.11. The predicted molar refractivity (Wildman–Crippen MR) is 79.6 cm³/mol. The lowest BCUT2D eigenvalue weighted by Gasteiger charge is -2.11. The number of hydrogen-bond acceptors (Lipinski definition) is 2. The molecule has 0 radical (unpaired) electrons. The summed E-state index contributed by atoms with van der Waals surface area (Å²) in [6, 6.07) is 5.64. The zero-order valence-corrected chi connectivity index (χ0v) is 12.1. The van der Waals surface area contributed by atoms with E-state index in [1.54, 1.807) is 6.07 Å². The zero-order chi connectivity index (χ0) is 13.8. The zero-order valence-electron chi connectivity index (χ0n) is 12.1. The van der Waals surface area contributed by atoms with Crippen molar-refractivity contribution in [3.05, 3.63) is 39.8 Å². The number of nitrogens with zero attached hydrogens (tertiary/aromatic N) is 2. The summed E-state index contributed by atoms with van der Waals surface area (Å²) in [7, 11) is 0. The molecule has 2 aromatic rings. The Balaban J connectivity index is 2.38. The topological polar surface area (TPSA) is 34.9 Å². The van der Waals surface area contributed by atoms with Crippen molar-refractivity contribution in [2.75, 3.05) is 0 Å².